The van der Waals surface area contributed by atoms with Gasteiger partial charge in [0.25, 0.3) is 0 Å². The second-order valence-corrected chi connectivity index (χ2v) is 6.11. The molecule has 1 aliphatic carbocycles. The zero-order chi connectivity index (χ0) is 16.3. The Balaban J connectivity index is 1.92. The monoisotopic (exact) mass is 306 g/mol. The van der Waals surface area contributed by atoms with Crippen LogP contribution in [0.25, 0.3) is 6.08 Å². The van der Waals surface area contributed by atoms with Gasteiger partial charge >= 0.3 is 6.03 Å². The molecule has 0 saturated heterocycles. The lowest BCUT2D eigenvalue weighted by molar-refractivity contribution is 0.117. The number of rotatable bonds is 4. The van der Waals surface area contributed by atoms with Crippen molar-refractivity contribution in [3.05, 3.63) is 29.2 Å². The molecular weight excluding hydrogens is 280 g/mol. The van der Waals surface area contributed by atoms with E-state index in [1.165, 1.54) is 0 Å². The Morgan fingerprint density at radius 2 is 2.00 bits per heavy atom. The van der Waals surface area contributed by atoms with E-state index < -0.39 is 0 Å². The van der Waals surface area contributed by atoms with Gasteiger partial charge in [0.1, 0.15) is 11.5 Å². The highest BCUT2D eigenvalue weighted by Crippen LogP contribution is 2.27. The minimum absolute atomic E-state index is 0.138. The second kappa shape index (κ2) is 7.01. The highest BCUT2D eigenvalue weighted by Gasteiger charge is 2.23. The number of carbonyl (C=O) groups excluding carboxylic acids is 1. The summed E-state index contributed by atoms with van der Waals surface area (Å²) in [6, 6.07) is -0.261. The van der Waals surface area contributed by atoms with Crippen molar-refractivity contribution in [3.8, 4) is 0 Å². The first-order valence-corrected chi connectivity index (χ1v) is 7.89. The van der Waals surface area contributed by atoms with Gasteiger partial charge in [0.2, 0.25) is 0 Å². The van der Waals surface area contributed by atoms with Crippen molar-refractivity contribution in [3.63, 3.8) is 0 Å². The van der Waals surface area contributed by atoms with Crippen LogP contribution < -0.4 is 10.6 Å². The van der Waals surface area contributed by atoms with Crippen LogP contribution in [0.15, 0.2) is 11.0 Å². The number of nitrogens with one attached hydrogen (secondary N) is 2. The van der Waals surface area contributed by atoms with Gasteiger partial charge in [-0.2, -0.15) is 0 Å². The molecule has 22 heavy (non-hydrogen) atoms. The fourth-order valence-electron chi connectivity index (χ4n) is 3.11. The maximum Gasteiger partial charge on any atom is 0.315 e. The summed E-state index contributed by atoms with van der Waals surface area (Å²) in [6.07, 6.45) is 4.70. The van der Waals surface area contributed by atoms with Gasteiger partial charge in [0.15, 0.2) is 0 Å². The van der Waals surface area contributed by atoms with Crippen LogP contribution in [0.2, 0.25) is 0 Å². The molecule has 2 rings (SSSR count). The van der Waals surface area contributed by atoms with Gasteiger partial charge in [-0.05, 0) is 46.5 Å². The average Bonchev–Trinajstić information content (AvgIpc) is 2.76. The predicted molar refractivity (Wildman–Crippen MR) is 86.6 cm³/mol. The molecular formula is C17H26N2O3. The summed E-state index contributed by atoms with van der Waals surface area (Å²) < 4.78 is 5.76. The molecule has 0 spiro atoms. The van der Waals surface area contributed by atoms with Crippen molar-refractivity contribution in [2.24, 2.45) is 0 Å². The molecule has 2 amide bonds. The highest BCUT2D eigenvalue weighted by atomic mass is 16.3. The number of aliphatic hydroxyl groups is 1. The predicted octanol–water partition coefficient (Wildman–Crippen LogP) is 3.20. The summed E-state index contributed by atoms with van der Waals surface area (Å²) in [5.74, 6) is 1.58. The Morgan fingerprint density at radius 3 is 2.55 bits per heavy atom. The standard InChI is InChI=1S/C17H26N2O3/c1-5-15-10(2)16(22-12(15)4)11(3)18-17(21)19-13-6-8-14(20)9-7-13/h5,11,13-14,20H,1,6-9H2,2-4H3,(H2,18,19,21). The van der Waals surface area contributed by atoms with Gasteiger partial charge in [-0.3, -0.25) is 0 Å². The highest BCUT2D eigenvalue weighted by molar-refractivity contribution is 5.74. The fourth-order valence-corrected chi connectivity index (χ4v) is 3.11. The molecule has 1 aromatic heterocycles. The van der Waals surface area contributed by atoms with Crippen LogP contribution in [0, 0.1) is 13.8 Å². The zero-order valence-corrected chi connectivity index (χ0v) is 13.6. The van der Waals surface area contributed by atoms with Gasteiger partial charge in [-0.15, -0.1) is 0 Å². The second-order valence-electron chi connectivity index (χ2n) is 6.11. The van der Waals surface area contributed by atoms with Gasteiger partial charge in [0, 0.05) is 17.2 Å². The topological polar surface area (TPSA) is 74.5 Å². The van der Waals surface area contributed by atoms with E-state index in [9.17, 15) is 9.90 Å². The summed E-state index contributed by atoms with van der Waals surface area (Å²) in [6.45, 7) is 9.56. The maximum absolute atomic E-state index is 12.1. The largest absolute Gasteiger partial charge is 0.463 e. The molecule has 1 atom stereocenters. The average molecular weight is 306 g/mol. The number of hydrogen-bond donors (Lipinski definition) is 3. The molecule has 5 heteroatoms. The third kappa shape index (κ3) is 3.71. The first kappa shape index (κ1) is 16.6. The van der Waals surface area contributed by atoms with Gasteiger partial charge in [-0.25, -0.2) is 4.79 Å². The third-order valence-electron chi connectivity index (χ3n) is 4.39. The number of carbonyl (C=O) groups is 1. The number of aliphatic hydroxyl groups excluding tert-OH is 1. The Labute approximate surface area is 131 Å². The summed E-state index contributed by atoms with van der Waals surface area (Å²) in [5, 5.41) is 15.4. The fraction of sp³-hybridized carbons (Fsp3) is 0.588. The number of aryl methyl sites for hydroxylation is 1. The molecule has 122 valence electrons. The van der Waals surface area contributed by atoms with E-state index in [0.717, 1.165) is 48.3 Å². The number of urea groups is 1. The summed E-state index contributed by atoms with van der Waals surface area (Å²) in [7, 11) is 0. The lowest BCUT2D eigenvalue weighted by Gasteiger charge is -2.26. The van der Waals surface area contributed by atoms with E-state index in [4.69, 9.17) is 4.42 Å². The van der Waals surface area contributed by atoms with Gasteiger partial charge < -0.3 is 20.2 Å². The minimum Gasteiger partial charge on any atom is -0.463 e. The van der Waals surface area contributed by atoms with Crippen LogP contribution in [-0.4, -0.2) is 23.3 Å². The molecule has 1 aromatic rings. The molecule has 1 saturated carbocycles. The first-order valence-electron chi connectivity index (χ1n) is 7.89. The SMILES string of the molecule is C=Cc1c(C)oc(C(C)NC(=O)NC2CCC(O)CC2)c1C. The van der Waals surface area contributed by atoms with Crippen LogP contribution in [-0.2, 0) is 0 Å². The molecule has 0 bridgehead atoms. The van der Waals surface area contributed by atoms with Crippen LogP contribution in [0.5, 0.6) is 0 Å². The van der Waals surface area contributed by atoms with Crippen LogP contribution in [0.4, 0.5) is 4.79 Å². The van der Waals surface area contributed by atoms with E-state index in [-0.39, 0.29) is 24.2 Å². The molecule has 1 unspecified atom stereocenters. The van der Waals surface area contributed by atoms with Crippen molar-refractivity contribution in [2.75, 3.05) is 0 Å². The summed E-state index contributed by atoms with van der Waals surface area (Å²) in [4.78, 5) is 12.1. The Hall–Kier alpha value is -1.75. The van der Waals surface area contributed by atoms with E-state index in [1.54, 1.807) is 6.08 Å². The Bertz CT molecular complexity index is 542. The molecule has 1 aliphatic rings. The number of amides is 2. The third-order valence-corrected chi connectivity index (χ3v) is 4.39. The quantitative estimate of drug-likeness (QED) is 0.799. The summed E-state index contributed by atoms with van der Waals surface area (Å²) >= 11 is 0. The first-order chi connectivity index (χ1) is 10.4. The smallest absolute Gasteiger partial charge is 0.315 e. The van der Waals surface area contributed by atoms with Crippen molar-refractivity contribution < 1.29 is 14.3 Å². The Morgan fingerprint density at radius 1 is 1.36 bits per heavy atom. The molecule has 3 N–H and O–H groups in total. The number of hydrogen-bond acceptors (Lipinski definition) is 3. The normalized spacial score (nSPS) is 22.9. The van der Waals surface area contributed by atoms with Crippen LogP contribution in [0.1, 0.15) is 61.3 Å². The van der Waals surface area contributed by atoms with Gasteiger partial charge in [0.05, 0.1) is 12.1 Å². The molecule has 0 aromatic carbocycles. The van der Waals surface area contributed by atoms with Crippen molar-refractivity contribution in [1.29, 1.82) is 0 Å². The van der Waals surface area contributed by atoms with Crippen molar-refractivity contribution >= 4 is 12.1 Å². The molecule has 0 aliphatic heterocycles. The molecule has 1 heterocycles. The molecule has 5 nitrogen and oxygen atoms in total. The van der Waals surface area contributed by atoms with E-state index >= 15 is 0 Å². The molecule has 0 radical (unpaired) electrons. The lowest BCUT2D eigenvalue weighted by Crippen LogP contribution is -2.44. The zero-order valence-electron chi connectivity index (χ0n) is 13.6. The minimum atomic E-state index is -0.217. The van der Waals surface area contributed by atoms with Gasteiger partial charge in [-0.1, -0.05) is 12.7 Å². The van der Waals surface area contributed by atoms with Crippen LogP contribution in [0.3, 0.4) is 0 Å². The lowest BCUT2D eigenvalue weighted by atomic mass is 9.93. The van der Waals surface area contributed by atoms with Crippen LogP contribution >= 0.6 is 0 Å². The van der Waals surface area contributed by atoms with E-state index in [1.807, 2.05) is 20.8 Å². The number of furan rings is 1. The van der Waals surface area contributed by atoms with Crippen molar-refractivity contribution in [2.45, 2.75) is 64.6 Å². The maximum atomic E-state index is 12.1. The van der Waals surface area contributed by atoms with E-state index in [2.05, 4.69) is 17.2 Å². The summed E-state index contributed by atoms with van der Waals surface area (Å²) in [5.41, 5.74) is 2.01. The Kier molecular flexibility index (Phi) is 5.29. The van der Waals surface area contributed by atoms with Crippen molar-refractivity contribution in [1.82, 2.24) is 10.6 Å². The van der Waals surface area contributed by atoms with E-state index in [0.29, 0.717) is 0 Å². The molecule has 1 fully saturated rings.